The molecule has 0 bridgehead atoms. The van der Waals surface area contributed by atoms with Gasteiger partial charge in [-0.1, -0.05) is 25.7 Å². The summed E-state index contributed by atoms with van der Waals surface area (Å²) in [7, 11) is 1.67. The van der Waals surface area contributed by atoms with Gasteiger partial charge in [0.25, 0.3) is 11.8 Å². The maximum atomic E-state index is 13.4. The highest BCUT2D eigenvalue weighted by Crippen LogP contribution is 2.27. The molecular weight excluding hydrogens is 434 g/mol. The van der Waals surface area contributed by atoms with Crippen LogP contribution in [0.2, 0.25) is 0 Å². The van der Waals surface area contributed by atoms with E-state index in [-0.39, 0.29) is 42.5 Å². The van der Waals surface area contributed by atoms with Crippen molar-refractivity contribution < 1.29 is 19.4 Å². The first-order valence-electron chi connectivity index (χ1n) is 11.4. The summed E-state index contributed by atoms with van der Waals surface area (Å²) < 4.78 is 6.22. The maximum Gasteiger partial charge on any atom is 0.273 e. The van der Waals surface area contributed by atoms with Crippen molar-refractivity contribution in [2.75, 3.05) is 26.7 Å². The van der Waals surface area contributed by atoms with Crippen LogP contribution in [-0.2, 0) is 0 Å². The Kier molecular flexibility index (Phi) is 8.55. The molecule has 2 aromatic heterocycles. The lowest BCUT2D eigenvalue weighted by atomic mass is 9.99. The minimum Gasteiger partial charge on any atom is -0.472 e. The lowest BCUT2D eigenvalue weighted by molar-refractivity contribution is 0.0312. The van der Waals surface area contributed by atoms with Gasteiger partial charge in [0.1, 0.15) is 17.4 Å². The van der Waals surface area contributed by atoms with E-state index in [1.807, 2.05) is 13.8 Å². The number of aromatic nitrogens is 3. The fourth-order valence-corrected chi connectivity index (χ4v) is 3.64. The summed E-state index contributed by atoms with van der Waals surface area (Å²) in [5, 5.41) is 9.78. The van der Waals surface area contributed by atoms with Crippen LogP contribution in [-0.4, -0.2) is 80.6 Å². The van der Waals surface area contributed by atoms with Gasteiger partial charge in [-0.2, -0.15) is 0 Å². The second kappa shape index (κ2) is 11.6. The van der Waals surface area contributed by atoms with Gasteiger partial charge >= 0.3 is 0 Å². The van der Waals surface area contributed by atoms with Gasteiger partial charge in [-0.25, -0.2) is 9.97 Å². The summed E-state index contributed by atoms with van der Waals surface area (Å²) in [4.78, 5) is 41.8. The number of rotatable bonds is 6. The Morgan fingerprint density at radius 2 is 2.15 bits per heavy atom. The predicted octanol–water partition coefficient (Wildman–Crippen LogP) is 2.02. The number of likely N-dealkylation sites (N-methyl/N-ethyl adjacent to an activating group) is 1. The monoisotopic (exact) mass is 465 g/mol. The first kappa shape index (κ1) is 25.1. The Morgan fingerprint density at radius 1 is 1.35 bits per heavy atom. The summed E-state index contributed by atoms with van der Waals surface area (Å²) in [6.45, 7) is 6.23. The first-order chi connectivity index (χ1) is 16.3. The van der Waals surface area contributed by atoms with Crippen LogP contribution >= 0.6 is 0 Å². The van der Waals surface area contributed by atoms with Crippen molar-refractivity contribution in [1.82, 2.24) is 24.8 Å². The second-order valence-corrected chi connectivity index (χ2v) is 8.53. The van der Waals surface area contributed by atoms with Crippen molar-refractivity contribution in [1.29, 1.82) is 0 Å². The summed E-state index contributed by atoms with van der Waals surface area (Å²) in [5.74, 6) is 5.61. The minimum atomic E-state index is -0.449. The molecule has 0 radical (unpaired) electrons. The number of amides is 2. The number of nitrogens with zero attached hydrogens (tertiary/aromatic N) is 5. The Balaban J connectivity index is 1.93. The molecule has 0 fully saturated rings. The van der Waals surface area contributed by atoms with E-state index in [4.69, 9.17) is 4.74 Å². The quantitative estimate of drug-likeness (QED) is 0.650. The first-order valence-corrected chi connectivity index (χ1v) is 11.4. The van der Waals surface area contributed by atoms with Crippen LogP contribution < -0.4 is 4.74 Å². The normalized spacial score (nSPS) is 18.5. The molecule has 0 aromatic carbocycles. The van der Waals surface area contributed by atoms with Crippen molar-refractivity contribution in [3.8, 4) is 17.7 Å². The fraction of sp³-hybridized carbons (Fsp3) is 0.480. The number of aliphatic hydroxyl groups is 1. The lowest BCUT2D eigenvalue weighted by Gasteiger charge is -2.37. The summed E-state index contributed by atoms with van der Waals surface area (Å²) >= 11 is 0. The highest BCUT2D eigenvalue weighted by molar-refractivity contribution is 5.97. The van der Waals surface area contributed by atoms with E-state index in [0.29, 0.717) is 17.7 Å². The van der Waals surface area contributed by atoms with Gasteiger partial charge in [-0.05, 0) is 19.4 Å². The number of aliphatic hydroxyl groups excluding tert-OH is 1. The zero-order valence-electron chi connectivity index (χ0n) is 20.1. The number of hydrogen-bond acceptors (Lipinski definition) is 7. The number of carbonyl (C=O) groups is 2. The zero-order valence-corrected chi connectivity index (χ0v) is 20.1. The third-order valence-corrected chi connectivity index (χ3v) is 5.71. The molecule has 0 saturated heterocycles. The molecule has 0 unspecified atom stereocenters. The third-order valence-electron chi connectivity index (χ3n) is 5.71. The highest BCUT2D eigenvalue weighted by atomic mass is 16.5. The standard InChI is InChI=1S/C25H31N5O4/c1-5-6-7-8-19-11-20-23(28-12-19)34-22(17(2)14-30(24(20)32)18(3)16-31)15-29(4)25(33)21-13-26-9-10-27-21/h9-13,17-18,22,31H,5-6,14-16H2,1-4H3/t17-,18-,22+/m0/s1. The second-order valence-electron chi connectivity index (χ2n) is 8.53. The molecule has 2 amide bonds. The SMILES string of the molecule is CCCC#Cc1cnc2c(c1)C(=O)N([C@@H](C)CO)C[C@H](C)[C@@H](CN(C)C(=O)c1cnccn1)O2. The van der Waals surface area contributed by atoms with E-state index in [1.54, 1.807) is 31.1 Å². The molecule has 3 atom stereocenters. The van der Waals surface area contributed by atoms with Crippen LogP contribution in [0.3, 0.4) is 0 Å². The number of pyridine rings is 1. The zero-order chi connectivity index (χ0) is 24.7. The average Bonchev–Trinajstić information content (AvgIpc) is 2.86. The van der Waals surface area contributed by atoms with Gasteiger partial charge in [-0.3, -0.25) is 14.6 Å². The molecule has 0 saturated carbocycles. The van der Waals surface area contributed by atoms with Gasteiger partial charge in [0.05, 0.1) is 25.4 Å². The Labute approximate surface area is 200 Å². The molecule has 0 aliphatic carbocycles. The summed E-state index contributed by atoms with van der Waals surface area (Å²) in [5.41, 5.74) is 1.16. The topological polar surface area (TPSA) is 109 Å². The van der Waals surface area contributed by atoms with Crippen molar-refractivity contribution >= 4 is 11.8 Å². The minimum absolute atomic E-state index is 0.144. The molecule has 9 nitrogen and oxygen atoms in total. The molecule has 1 N–H and O–H groups in total. The molecule has 9 heteroatoms. The van der Waals surface area contributed by atoms with E-state index < -0.39 is 12.1 Å². The van der Waals surface area contributed by atoms with Gasteiger partial charge in [0.15, 0.2) is 0 Å². The smallest absolute Gasteiger partial charge is 0.273 e. The van der Waals surface area contributed by atoms with E-state index >= 15 is 0 Å². The predicted molar refractivity (Wildman–Crippen MR) is 126 cm³/mol. The molecule has 0 spiro atoms. The number of ether oxygens (including phenoxy) is 1. The highest BCUT2D eigenvalue weighted by Gasteiger charge is 2.34. The van der Waals surface area contributed by atoms with Gasteiger partial charge < -0.3 is 19.6 Å². The van der Waals surface area contributed by atoms with Crippen LogP contribution in [0.1, 0.15) is 60.0 Å². The lowest BCUT2D eigenvalue weighted by Crippen LogP contribution is -2.50. The van der Waals surface area contributed by atoms with Crippen LogP contribution in [0.4, 0.5) is 0 Å². The molecule has 3 heterocycles. The third kappa shape index (κ3) is 5.88. The summed E-state index contributed by atoms with van der Waals surface area (Å²) in [6.07, 6.45) is 7.23. The van der Waals surface area contributed by atoms with Crippen molar-refractivity contribution in [2.24, 2.45) is 5.92 Å². The van der Waals surface area contributed by atoms with Gasteiger partial charge in [0.2, 0.25) is 5.88 Å². The molecule has 180 valence electrons. The van der Waals surface area contributed by atoms with Crippen molar-refractivity contribution in [2.45, 2.75) is 45.8 Å². The van der Waals surface area contributed by atoms with Crippen LogP contribution in [0, 0.1) is 17.8 Å². The molecular formula is C25H31N5O4. The van der Waals surface area contributed by atoms with Crippen LogP contribution in [0.15, 0.2) is 30.9 Å². The maximum absolute atomic E-state index is 13.4. The van der Waals surface area contributed by atoms with E-state index in [1.165, 1.54) is 23.5 Å². The Hall–Kier alpha value is -3.51. The van der Waals surface area contributed by atoms with Crippen molar-refractivity contribution in [3.05, 3.63) is 47.7 Å². The molecule has 1 aliphatic heterocycles. The summed E-state index contributed by atoms with van der Waals surface area (Å²) in [6, 6.07) is 1.29. The van der Waals surface area contributed by atoms with E-state index in [9.17, 15) is 14.7 Å². The van der Waals surface area contributed by atoms with E-state index in [2.05, 4.69) is 26.8 Å². The Bertz CT molecular complexity index is 1070. The largest absolute Gasteiger partial charge is 0.472 e. The number of fused-ring (bicyclic) bond motifs is 1. The number of carbonyl (C=O) groups excluding carboxylic acids is 2. The number of hydrogen-bond donors (Lipinski definition) is 1. The van der Waals surface area contributed by atoms with Crippen molar-refractivity contribution in [3.63, 3.8) is 0 Å². The van der Waals surface area contributed by atoms with Gasteiger partial charge in [-0.15, -0.1) is 0 Å². The average molecular weight is 466 g/mol. The van der Waals surface area contributed by atoms with Crippen LogP contribution in [0.25, 0.3) is 0 Å². The van der Waals surface area contributed by atoms with Gasteiger partial charge in [0, 0.05) is 50.1 Å². The number of unbranched alkanes of at least 4 members (excludes halogenated alkanes) is 1. The molecule has 3 rings (SSSR count). The molecule has 1 aliphatic rings. The molecule has 34 heavy (non-hydrogen) atoms. The Morgan fingerprint density at radius 3 is 2.82 bits per heavy atom. The fourth-order valence-electron chi connectivity index (χ4n) is 3.64. The van der Waals surface area contributed by atoms with E-state index in [0.717, 1.165) is 12.8 Å². The molecule has 2 aromatic rings. The van der Waals surface area contributed by atoms with Crippen LogP contribution in [0.5, 0.6) is 5.88 Å².